The van der Waals surface area contributed by atoms with Gasteiger partial charge in [0.25, 0.3) is 0 Å². The van der Waals surface area contributed by atoms with Crippen molar-refractivity contribution in [2.75, 3.05) is 45.3 Å². The highest BCUT2D eigenvalue weighted by Gasteiger charge is 2.29. The van der Waals surface area contributed by atoms with Gasteiger partial charge in [-0.05, 0) is 55.4 Å². The minimum atomic E-state index is -0.380. The molecule has 1 amide bonds. The SMILES string of the molecule is COC(=O)N1CCC[C@H](C(=O)Cc2cc(-c3cccc(NCC4CCOCC4)c3)c(Cl)cn2)C1. The van der Waals surface area contributed by atoms with Crippen molar-refractivity contribution in [1.82, 2.24) is 9.88 Å². The number of methoxy groups -OCH3 is 1. The molecular formula is C26H32ClN3O4. The van der Waals surface area contributed by atoms with E-state index in [0.29, 0.717) is 29.7 Å². The van der Waals surface area contributed by atoms with Crippen molar-refractivity contribution in [2.45, 2.75) is 32.1 Å². The summed E-state index contributed by atoms with van der Waals surface area (Å²) in [6.45, 7) is 3.61. The molecule has 1 N–H and O–H groups in total. The molecule has 1 aromatic carbocycles. The van der Waals surface area contributed by atoms with Crippen LogP contribution < -0.4 is 5.32 Å². The van der Waals surface area contributed by atoms with Crippen molar-refractivity contribution in [2.24, 2.45) is 11.8 Å². The third-order valence-electron chi connectivity index (χ3n) is 6.69. The third kappa shape index (κ3) is 6.27. The predicted octanol–water partition coefficient (Wildman–Crippen LogP) is 4.83. The number of amides is 1. The fourth-order valence-electron chi connectivity index (χ4n) is 4.67. The summed E-state index contributed by atoms with van der Waals surface area (Å²) in [6.07, 6.45) is 5.17. The van der Waals surface area contributed by atoms with Gasteiger partial charge in [-0.15, -0.1) is 0 Å². The summed E-state index contributed by atoms with van der Waals surface area (Å²) in [5.74, 6) is 0.502. The van der Waals surface area contributed by atoms with Crippen LogP contribution in [0.25, 0.3) is 11.1 Å². The van der Waals surface area contributed by atoms with Crippen LogP contribution in [0.4, 0.5) is 10.5 Å². The molecule has 0 spiro atoms. The molecule has 1 aromatic heterocycles. The van der Waals surface area contributed by atoms with Gasteiger partial charge >= 0.3 is 6.09 Å². The van der Waals surface area contributed by atoms with Crippen molar-refractivity contribution in [3.05, 3.63) is 47.2 Å². The highest BCUT2D eigenvalue weighted by Crippen LogP contribution is 2.30. The van der Waals surface area contributed by atoms with Gasteiger partial charge in [-0.3, -0.25) is 9.78 Å². The van der Waals surface area contributed by atoms with E-state index in [1.165, 1.54) is 7.11 Å². The number of hydrogen-bond donors (Lipinski definition) is 1. The zero-order valence-corrected chi connectivity index (χ0v) is 20.4. The van der Waals surface area contributed by atoms with E-state index in [1.807, 2.05) is 18.2 Å². The number of benzene rings is 1. The number of piperidine rings is 1. The molecule has 34 heavy (non-hydrogen) atoms. The molecule has 3 heterocycles. The van der Waals surface area contributed by atoms with Crippen LogP contribution in [0.1, 0.15) is 31.4 Å². The first-order chi connectivity index (χ1) is 16.5. The second-order valence-corrected chi connectivity index (χ2v) is 9.48. The molecule has 2 fully saturated rings. The molecule has 0 aliphatic carbocycles. The van der Waals surface area contributed by atoms with Crippen LogP contribution in [0, 0.1) is 11.8 Å². The van der Waals surface area contributed by atoms with Gasteiger partial charge in [0.15, 0.2) is 0 Å². The van der Waals surface area contributed by atoms with E-state index in [-0.39, 0.29) is 24.2 Å². The minimum Gasteiger partial charge on any atom is -0.453 e. The Labute approximate surface area is 205 Å². The third-order valence-corrected chi connectivity index (χ3v) is 6.99. The average molecular weight is 486 g/mol. The first-order valence-electron chi connectivity index (χ1n) is 12.0. The summed E-state index contributed by atoms with van der Waals surface area (Å²) in [7, 11) is 1.36. The molecule has 8 heteroatoms. The zero-order valence-electron chi connectivity index (χ0n) is 19.6. The summed E-state index contributed by atoms with van der Waals surface area (Å²) in [4.78, 5) is 30.8. The Bertz CT molecular complexity index is 1010. The summed E-state index contributed by atoms with van der Waals surface area (Å²) < 4.78 is 10.3. The van der Waals surface area contributed by atoms with Gasteiger partial charge in [-0.2, -0.15) is 0 Å². The monoisotopic (exact) mass is 485 g/mol. The van der Waals surface area contributed by atoms with Crippen molar-refractivity contribution in [3.63, 3.8) is 0 Å². The maximum atomic E-state index is 13.0. The quantitative estimate of drug-likeness (QED) is 0.605. The van der Waals surface area contributed by atoms with Gasteiger partial charge in [-0.1, -0.05) is 23.7 Å². The largest absolute Gasteiger partial charge is 0.453 e. The number of hydrogen-bond acceptors (Lipinski definition) is 6. The van der Waals surface area contributed by atoms with E-state index in [2.05, 4.69) is 22.4 Å². The van der Waals surface area contributed by atoms with Crippen LogP contribution in [0.2, 0.25) is 5.02 Å². The molecule has 4 rings (SSSR count). The highest BCUT2D eigenvalue weighted by molar-refractivity contribution is 6.33. The van der Waals surface area contributed by atoms with Crippen LogP contribution in [0.3, 0.4) is 0 Å². The van der Waals surface area contributed by atoms with Gasteiger partial charge in [0.05, 0.1) is 12.1 Å². The molecule has 7 nitrogen and oxygen atoms in total. The Morgan fingerprint density at radius 2 is 2.06 bits per heavy atom. The fraction of sp³-hybridized carbons (Fsp3) is 0.500. The smallest absolute Gasteiger partial charge is 0.409 e. The molecule has 182 valence electrons. The molecule has 0 radical (unpaired) electrons. The minimum absolute atomic E-state index is 0.0845. The summed E-state index contributed by atoms with van der Waals surface area (Å²) in [6, 6.07) is 10.1. The Morgan fingerprint density at radius 1 is 1.24 bits per heavy atom. The molecule has 0 bridgehead atoms. The zero-order chi connectivity index (χ0) is 23.9. The van der Waals surface area contributed by atoms with E-state index in [0.717, 1.165) is 62.3 Å². The number of carbonyl (C=O) groups is 2. The molecule has 2 aliphatic rings. The average Bonchev–Trinajstić information content (AvgIpc) is 2.89. The van der Waals surface area contributed by atoms with E-state index in [4.69, 9.17) is 21.1 Å². The van der Waals surface area contributed by atoms with E-state index in [1.54, 1.807) is 11.1 Å². The van der Waals surface area contributed by atoms with Crippen LogP contribution in [0.5, 0.6) is 0 Å². The number of likely N-dealkylation sites (tertiary alicyclic amines) is 1. The Kier molecular flexibility index (Phi) is 8.40. The van der Waals surface area contributed by atoms with Crippen LogP contribution in [-0.4, -0.2) is 61.7 Å². The van der Waals surface area contributed by atoms with Crippen molar-refractivity contribution >= 4 is 29.2 Å². The number of aromatic nitrogens is 1. The number of pyridine rings is 1. The normalized spacial score (nSPS) is 19.0. The van der Waals surface area contributed by atoms with E-state index in [9.17, 15) is 9.59 Å². The lowest BCUT2D eigenvalue weighted by Crippen LogP contribution is -2.42. The van der Waals surface area contributed by atoms with E-state index >= 15 is 0 Å². The number of ketones is 1. The predicted molar refractivity (Wildman–Crippen MR) is 132 cm³/mol. The number of halogens is 1. The van der Waals surface area contributed by atoms with E-state index < -0.39 is 0 Å². The molecule has 0 unspecified atom stereocenters. The summed E-state index contributed by atoms with van der Waals surface area (Å²) in [5.41, 5.74) is 3.56. The second-order valence-electron chi connectivity index (χ2n) is 9.07. The lowest BCUT2D eigenvalue weighted by molar-refractivity contribution is -0.123. The topological polar surface area (TPSA) is 80.8 Å². The molecule has 1 atom stereocenters. The van der Waals surface area contributed by atoms with Gasteiger partial charge < -0.3 is 19.7 Å². The molecule has 2 aliphatic heterocycles. The lowest BCUT2D eigenvalue weighted by atomic mass is 9.91. The van der Waals surface area contributed by atoms with Crippen LogP contribution in [-0.2, 0) is 20.7 Å². The van der Waals surface area contributed by atoms with Crippen molar-refractivity contribution in [1.29, 1.82) is 0 Å². The van der Waals surface area contributed by atoms with Crippen molar-refractivity contribution < 1.29 is 19.1 Å². The molecule has 0 saturated carbocycles. The van der Waals surface area contributed by atoms with Gasteiger partial charge in [0.1, 0.15) is 5.78 Å². The summed E-state index contributed by atoms with van der Waals surface area (Å²) >= 11 is 6.50. The number of rotatable bonds is 7. The number of anilines is 1. The first kappa shape index (κ1) is 24.5. The standard InChI is InChI=1S/C26H32ClN3O4/c1-33-26(32)30-9-3-5-20(17-30)25(31)14-22-13-23(24(27)16-29-22)19-4-2-6-21(12-19)28-15-18-7-10-34-11-8-18/h2,4,6,12-13,16,18,20,28H,3,5,7-11,14-15,17H2,1H3/t20-/m0/s1. The Morgan fingerprint density at radius 3 is 2.85 bits per heavy atom. The van der Waals surface area contributed by atoms with Crippen LogP contribution >= 0.6 is 11.6 Å². The van der Waals surface area contributed by atoms with Gasteiger partial charge in [0, 0.05) is 68.3 Å². The number of nitrogens with one attached hydrogen (secondary N) is 1. The maximum Gasteiger partial charge on any atom is 0.409 e. The van der Waals surface area contributed by atoms with Gasteiger partial charge in [-0.25, -0.2) is 4.79 Å². The fourth-order valence-corrected chi connectivity index (χ4v) is 4.88. The second kappa shape index (κ2) is 11.7. The Balaban J connectivity index is 1.42. The van der Waals surface area contributed by atoms with Gasteiger partial charge in [0.2, 0.25) is 0 Å². The summed E-state index contributed by atoms with van der Waals surface area (Å²) in [5, 5.41) is 4.09. The number of Topliss-reactive ketones (excluding diaryl/α,β-unsaturated/α-hetero) is 1. The number of carbonyl (C=O) groups excluding carboxylic acids is 2. The molecule has 2 aromatic rings. The number of ether oxygens (including phenoxy) is 2. The van der Waals surface area contributed by atoms with Crippen molar-refractivity contribution in [3.8, 4) is 11.1 Å². The first-order valence-corrected chi connectivity index (χ1v) is 12.3. The lowest BCUT2D eigenvalue weighted by Gasteiger charge is -2.30. The maximum absolute atomic E-state index is 13.0. The van der Waals surface area contributed by atoms with Crippen LogP contribution in [0.15, 0.2) is 36.5 Å². The Hall–Kier alpha value is -2.64. The molecule has 2 saturated heterocycles. The molecular weight excluding hydrogens is 454 g/mol. The number of nitrogens with zero attached hydrogens (tertiary/aromatic N) is 2. The highest BCUT2D eigenvalue weighted by atomic mass is 35.5.